The van der Waals surface area contributed by atoms with Gasteiger partial charge in [-0.05, 0) is 62.4 Å². The molecule has 0 saturated heterocycles. The zero-order chi connectivity index (χ0) is 20.3. The number of anilines is 1. The molecule has 1 N–H and O–H groups in total. The Morgan fingerprint density at radius 3 is 2.32 bits per heavy atom. The molecule has 28 heavy (non-hydrogen) atoms. The summed E-state index contributed by atoms with van der Waals surface area (Å²) in [6.07, 6.45) is 0. The van der Waals surface area contributed by atoms with Gasteiger partial charge in [-0.3, -0.25) is 9.59 Å². The van der Waals surface area contributed by atoms with E-state index in [0.29, 0.717) is 27.3 Å². The number of aromatic nitrogens is 3. The first kappa shape index (κ1) is 20.1. The van der Waals surface area contributed by atoms with Gasteiger partial charge < -0.3 is 9.88 Å². The van der Waals surface area contributed by atoms with Crippen molar-refractivity contribution in [2.45, 2.75) is 24.3 Å². The van der Waals surface area contributed by atoms with Gasteiger partial charge in [-0.15, -0.1) is 10.2 Å². The molecule has 0 aliphatic rings. The summed E-state index contributed by atoms with van der Waals surface area (Å²) in [6, 6.07) is 14.2. The molecule has 0 radical (unpaired) electrons. The number of benzene rings is 2. The summed E-state index contributed by atoms with van der Waals surface area (Å²) in [7, 11) is 1.86. The predicted molar refractivity (Wildman–Crippen MR) is 112 cm³/mol. The molecule has 1 atom stereocenters. The first-order chi connectivity index (χ1) is 13.3. The van der Waals surface area contributed by atoms with Crippen molar-refractivity contribution >= 4 is 40.7 Å². The Kier molecular flexibility index (Phi) is 6.16. The number of carbonyl (C=O) groups is 2. The second-order valence-electron chi connectivity index (χ2n) is 6.25. The highest BCUT2D eigenvalue weighted by Crippen LogP contribution is 2.27. The molecule has 8 heteroatoms. The lowest BCUT2D eigenvalue weighted by Crippen LogP contribution is -2.22. The molecular weight excluding hydrogens is 396 g/mol. The number of Topliss-reactive ketones (excluding diaryl/α,β-unsaturated/α-hetero) is 1. The maximum absolute atomic E-state index is 12.5. The fraction of sp³-hybridized carbons (Fsp3) is 0.200. The second-order valence-corrected chi connectivity index (χ2v) is 8.00. The van der Waals surface area contributed by atoms with E-state index in [1.165, 1.54) is 18.7 Å². The van der Waals surface area contributed by atoms with E-state index in [2.05, 4.69) is 15.5 Å². The Morgan fingerprint density at radius 2 is 1.71 bits per heavy atom. The number of nitrogens with one attached hydrogen (secondary N) is 1. The van der Waals surface area contributed by atoms with Crippen LogP contribution >= 0.6 is 23.4 Å². The maximum atomic E-state index is 12.5. The number of ketones is 1. The molecule has 0 bridgehead atoms. The SMILES string of the molecule is CC(=O)c1ccc(NC(=O)[C@@H](C)Sc2nnc(-c3ccc(Cl)cc3)n2C)cc1. The van der Waals surface area contributed by atoms with Crippen LogP contribution in [0, 0.1) is 0 Å². The van der Waals surface area contributed by atoms with Crippen LogP contribution in [0.5, 0.6) is 0 Å². The standard InChI is InChI=1S/C20H19ClN4O2S/c1-12(26)14-6-10-17(11-7-14)22-19(27)13(2)28-20-24-23-18(25(20)3)15-4-8-16(21)9-5-15/h4-11,13H,1-3H3,(H,22,27)/t13-/m1/s1. The number of hydrogen-bond acceptors (Lipinski definition) is 5. The van der Waals surface area contributed by atoms with Crippen molar-refractivity contribution in [1.82, 2.24) is 14.8 Å². The lowest BCUT2D eigenvalue weighted by Gasteiger charge is -2.12. The van der Waals surface area contributed by atoms with E-state index in [9.17, 15) is 9.59 Å². The largest absolute Gasteiger partial charge is 0.325 e. The molecule has 0 aliphatic carbocycles. The van der Waals surface area contributed by atoms with Crippen molar-refractivity contribution in [2.75, 3.05) is 5.32 Å². The molecule has 1 heterocycles. The van der Waals surface area contributed by atoms with Gasteiger partial charge in [0.1, 0.15) is 0 Å². The highest BCUT2D eigenvalue weighted by atomic mass is 35.5. The van der Waals surface area contributed by atoms with E-state index in [1.807, 2.05) is 23.7 Å². The van der Waals surface area contributed by atoms with Crippen LogP contribution in [-0.4, -0.2) is 31.7 Å². The third kappa shape index (κ3) is 4.61. The van der Waals surface area contributed by atoms with E-state index in [4.69, 9.17) is 11.6 Å². The molecule has 3 aromatic rings. The van der Waals surface area contributed by atoms with Crippen LogP contribution in [0.25, 0.3) is 11.4 Å². The summed E-state index contributed by atoms with van der Waals surface area (Å²) in [6.45, 7) is 3.31. The van der Waals surface area contributed by atoms with Gasteiger partial charge in [0.15, 0.2) is 16.8 Å². The highest BCUT2D eigenvalue weighted by Gasteiger charge is 2.19. The van der Waals surface area contributed by atoms with Crippen LogP contribution in [0.1, 0.15) is 24.2 Å². The van der Waals surface area contributed by atoms with E-state index in [1.54, 1.807) is 43.3 Å². The molecular formula is C20H19ClN4O2S. The highest BCUT2D eigenvalue weighted by molar-refractivity contribution is 8.00. The van der Waals surface area contributed by atoms with Crippen molar-refractivity contribution in [3.05, 3.63) is 59.1 Å². The smallest absolute Gasteiger partial charge is 0.237 e. The van der Waals surface area contributed by atoms with Crippen LogP contribution in [0.15, 0.2) is 53.7 Å². The Morgan fingerprint density at radius 1 is 1.07 bits per heavy atom. The maximum Gasteiger partial charge on any atom is 0.237 e. The number of rotatable bonds is 6. The number of carbonyl (C=O) groups excluding carboxylic acids is 2. The number of halogens is 1. The van der Waals surface area contributed by atoms with Gasteiger partial charge in [-0.2, -0.15) is 0 Å². The summed E-state index contributed by atoms with van der Waals surface area (Å²) in [5.74, 6) is 0.531. The molecule has 3 rings (SSSR count). The van der Waals surface area contributed by atoms with E-state index >= 15 is 0 Å². The molecule has 0 fully saturated rings. The minimum atomic E-state index is -0.381. The normalized spacial score (nSPS) is 11.9. The monoisotopic (exact) mass is 414 g/mol. The van der Waals surface area contributed by atoms with Crippen LogP contribution in [0.2, 0.25) is 5.02 Å². The lowest BCUT2D eigenvalue weighted by molar-refractivity contribution is -0.115. The number of thioether (sulfide) groups is 1. The molecule has 0 aliphatic heterocycles. The minimum absolute atomic E-state index is 0.0134. The van der Waals surface area contributed by atoms with Crippen LogP contribution in [0.4, 0.5) is 5.69 Å². The van der Waals surface area contributed by atoms with Gasteiger partial charge in [0.05, 0.1) is 5.25 Å². The number of amides is 1. The summed E-state index contributed by atoms with van der Waals surface area (Å²) >= 11 is 7.25. The zero-order valence-electron chi connectivity index (χ0n) is 15.6. The van der Waals surface area contributed by atoms with Crippen molar-refractivity contribution < 1.29 is 9.59 Å². The van der Waals surface area contributed by atoms with Gasteiger partial charge in [0.25, 0.3) is 0 Å². The molecule has 0 saturated carbocycles. The van der Waals surface area contributed by atoms with Crippen molar-refractivity contribution in [1.29, 1.82) is 0 Å². The van der Waals surface area contributed by atoms with Crippen LogP contribution in [0.3, 0.4) is 0 Å². The Balaban J connectivity index is 1.67. The van der Waals surface area contributed by atoms with E-state index < -0.39 is 0 Å². The van der Waals surface area contributed by atoms with Crippen molar-refractivity contribution in [3.8, 4) is 11.4 Å². The summed E-state index contributed by atoms with van der Waals surface area (Å²) < 4.78 is 1.85. The van der Waals surface area contributed by atoms with E-state index in [-0.39, 0.29) is 16.9 Å². The van der Waals surface area contributed by atoms with Crippen LogP contribution < -0.4 is 5.32 Å². The van der Waals surface area contributed by atoms with Crippen LogP contribution in [-0.2, 0) is 11.8 Å². The molecule has 0 spiro atoms. The predicted octanol–water partition coefficient (Wildman–Crippen LogP) is 4.46. The zero-order valence-corrected chi connectivity index (χ0v) is 17.2. The lowest BCUT2D eigenvalue weighted by atomic mass is 10.1. The Hall–Kier alpha value is -2.64. The average Bonchev–Trinajstić information content (AvgIpc) is 3.03. The summed E-state index contributed by atoms with van der Waals surface area (Å²) in [4.78, 5) is 23.8. The van der Waals surface area contributed by atoms with Crippen molar-refractivity contribution in [3.63, 3.8) is 0 Å². The average molecular weight is 415 g/mol. The molecule has 1 amide bonds. The third-order valence-electron chi connectivity index (χ3n) is 4.15. The third-order valence-corrected chi connectivity index (χ3v) is 5.53. The molecule has 2 aromatic carbocycles. The quantitative estimate of drug-likeness (QED) is 0.476. The molecule has 1 aromatic heterocycles. The van der Waals surface area contributed by atoms with Crippen molar-refractivity contribution in [2.24, 2.45) is 7.05 Å². The summed E-state index contributed by atoms with van der Waals surface area (Å²) in [5.41, 5.74) is 2.14. The fourth-order valence-corrected chi connectivity index (χ4v) is 3.45. The topological polar surface area (TPSA) is 76.9 Å². The first-order valence-electron chi connectivity index (χ1n) is 8.59. The molecule has 144 valence electrons. The number of hydrogen-bond donors (Lipinski definition) is 1. The number of nitrogens with zero attached hydrogens (tertiary/aromatic N) is 3. The van der Waals surface area contributed by atoms with Gasteiger partial charge in [0.2, 0.25) is 5.91 Å². The fourth-order valence-electron chi connectivity index (χ4n) is 2.51. The molecule has 6 nitrogen and oxygen atoms in total. The first-order valence-corrected chi connectivity index (χ1v) is 9.85. The van der Waals surface area contributed by atoms with Gasteiger partial charge in [0, 0.05) is 28.9 Å². The minimum Gasteiger partial charge on any atom is -0.325 e. The second kappa shape index (κ2) is 8.58. The summed E-state index contributed by atoms with van der Waals surface area (Å²) in [5, 5.41) is 12.2. The van der Waals surface area contributed by atoms with Gasteiger partial charge in [-0.25, -0.2) is 0 Å². The van der Waals surface area contributed by atoms with E-state index in [0.717, 1.165) is 5.56 Å². The molecule has 0 unspecified atom stereocenters. The van der Waals surface area contributed by atoms with Gasteiger partial charge >= 0.3 is 0 Å². The van der Waals surface area contributed by atoms with Gasteiger partial charge in [-0.1, -0.05) is 23.4 Å². The Labute approximate surface area is 172 Å². The Bertz CT molecular complexity index is 1000.